The number of nitrogens with zero attached hydrogens (tertiary/aromatic N) is 1. The first-order valence-corrected chi connectivity index (χ1v) is 6.93. The molecule has 1 unspecified atom stereocenters. The van der Waals surface area contributed by atoms with Gasteiger partial charge in [-0.1, -0.05) is 34.1 Å². The molecule has 17 heavy (non-hydrogen) atoms. The van der Waals surface area contributed by atoms with Gasteiger partial charge in [0.15, 0.2) is 0 Å². The Labute approximate surface area is 113 Å². The molecule has 1 heterocycles. The number of aromatic nitrogens is 1. The maximum atomic E-state index is 5.63. The highest BCUT2D eigenvalue weighted by Gasteiger charge is 2.14. The van der Waals surface area contributed by atoms with Crippen LogP contribution in [0.25, 0.3) is 0 Å². The first-order chi connectivity index (χ1) is 8.20. The van der Waals surface area contributed by atoms with E-state index in [4.69, 9.17) is 5.84 Å². The molecule has 0 fully saturated rings. The van der Waals surface area contributed by atoms with E-state index in [1.165, 1.54) is 10.4 Å². The highest BCUT2D eigenvalue weighted by molar-refractivity contribution is 9.10. The number of hydrogen-bond acceptors (Lipinski definition) is 4. The quantitative estimate of drug-likeness (QED) is 0.674. The second-order valence-corrected chi connectivity index (χ2v) is 5.92. The number of hydrogen-bond donors (Lipinski definition) is 2. The zero-order valence-electron chi connectivity index (χ0n) is 9.48. The minimum atomic E-state index is 0.111. The summed E-state index contributed by atoms with van der Waals surface area (Å²) in [6.45, 7) is 2.00. The van der Waals surface area contributed by atoms with Gasteiger partial charge in [0.2, 0.25) is 0 Å². The zero-order chi connectivity index (χ0) is 12.3. The van der Waals surface area contributed by atoms with Crippen molar-refractivity contribution >= 4 is 27.3 Å². The number of aryl methyl sites for hydroxylation is 1. The van der Waals surface area contributed by atoms with Crippen LogP contribution in [-0.4, -0.2) is 4.98 Å². The Balaban J connectivity index is 2.18. The number of halogens is 1. The van der Waals surface area contributed by atoms with Crippen molar-refractivity contribution in [2.75, 3.05) is 0 Å². The second kappa shape index (κ2) is 5.73. The molecular weight excluding hydrogens is 298 g/mol. The Morgan fingerprint density at radius 2 is 2.24 bits per heavy atom. The van der Waals surface area contributed by atoms with E-state index in [0.717, 1.165) is 15.9 Å². The van der Waals surface area contributed by atoms with Crippen molar-refractivity contribution in [1.29, 1.82) is 0 Å². The molecule has 0 aliphatic carbocycles. The number of benzene rings is 1. The van der Waals surface area contributed by atoms with Crippen LogP contribution in [0.2, 0.25) is 0 Å². The molecule has 0 aliphatic rings. The van der Waals surface area contributed by atoms with Crippen molar-refractivity contribution in [3.05, 3.63) is 50.4 Å². The lowest BCUT2D eigenvalue weighted by atomic mass is 10.1. The van der Waals surface area contributed by atoms with E-state index in [1.54, 1.807) is 11.3 Å². The fourth-order valence-electron chi connectivity index (χ4n) is 1.66. The van der Waals surface area contributed by atoms with Gasteiger partial charge < -0.3 is 0 Å². The summed E-state index contributed by atoms with van der Waals surface area (Å²) in [6, 6.07) is 8.30. The van der Waals surface area contributed by atoms with E-state index in [0.29, 0.717) is 0 Å². The maximum absolute atomic E-state index is 5.63. The van der Waals surface area contributed by atoms with Gasteiger partial charge in [0.1, 0.15) is 0 Å². The first-order valence-electron chi connectivity index (χ1n) is 5.32. The van der Waals surface area contributed by atoms with Crippen LogP contribution in [-0.2, 0) is 6.42 Å². The molecule has 5 heteroatoms. The SMILES string of the molecule is Cc1ncc(C(Cc2ccccc2Br)NN)s1. The summed E-state index contributed by atoms with van der Waals surface area (Å²) < 4.78 is 1.11. The second-order valence-electron chi connectivity index (χ2n) is 3.80. The predicted octanol–water partition coefficient (Wildman–Crippen LogP) is 2.96. The third-order valence-electron chi connectivity index (χ3n) is 2.57. The van der Waals surface area contributed by atoms with Gasteiger partial charge in [-0.25, -0.2) is 4.98 Å². The molecule has 1 aromatic heterocycles. The van der Waals surface area contributed by atoms with E-state index in [2.05, 4.69) is 32.4 Å². The summed E-state index contributed by atoms with van der Waals surface area (Å²) in [6.07, 6.45) is 2.74. The normalized spacial score (nSPS) is 12.6. The Bertz CT molecular complexity index is 498. The van der Waals surface area contributed by atoms with Gasteiger partial charge in [-0.05, 0) is 25.0 Å². The van der Waals surface area contributed by atoms with Gasteiger partial charge in [0, 0.05) is 15.5 Å². The van der Waals surface area contributed by atoms with E-state index in [9.17, 15) is 0 Å². The van der Waals surface area contributed by atoms with Gasteiger partial charge >= 0.3 is 0 Å². The predicted molar refractivity (Wildman–Crippen MR) is 74.8 cm³/mol. The smallest absolute Gasteiger partial charge is 0.0897 e. The maximum Gasteiger partial charge on any atom is 0.0897 e. The van der Waals surface area contributed by atoms with Crippen molar-refractivity contribution in [2.24, 2.45) is 5.84 Å². The molecule has 3 nitrogen and oxygen atoms in total. The van der Waals surface area contributed by atoms with Gasteiger partial charge in [-0.15, -0.1) is 11.3 Å². The Kier molecular flexibility index (Phi) is 4.28. The van der Waals surface area contributed by atoms with Gasteiger partial charge in [0.05, 0.1) is 11.0 Å². The summed E-state index contributed by atoms with van der Waals surface area (Å²) in [4.78, 5) is 5.43. The van der Waals surface area contributed by atoms with Crippen LogP contribution in [0, 0.1) is 6.92 Å². The number of nitrogens with one attached hydrogen (secondary N) is 1. The molecular formula is C12H14BrN3S. The Morgan fingerprint density at radius 1 is 1.47 bits per heavy atom. The molecule has 0 spiro atoms. The van der Waals surface area contributed by atoms with Crippen LogP contribution in [0.5, 0.6) is 0 Å². The van der Waals surface area contributed by atoms with E-state index in [1.807, 2.05) is 31.3 Å². The number of hydrazine groups is 1. The topological polar surface area (TPSA) is 50.9 Å². The van der Waals surface area contributed by atoms with Crippen molar-refractivity contribution in [1.82, 2.24) is 10.4 Å². The lowest BCUT2D eigenvalue weighted by Crippen LogP contribution is -2.29. The molecule has 0 bridgehead atoms. The number of thiazole rings is 1. The first kappa shape index (κ1) is 12.7. The zero-order valence-corrected chi connectivity index (χ0v) is 11.9. The summed E-state index contributed by atoms with van der Waals surface area (Å²) in [5.74, 6) is 5.63. The number of rotatable bonds is 4. The van der Waals surface area contributed by atoms with Gasteiger partial charge in [-0.2, -0.15) is 0 Å². The standard InChI is InChI=1S/C12H14BrN3S/c1-8-15-7-12(17-8)11(16-14)6-9-4-2-3-5-10(9)13/h2-5,7,11,16H,6,14H2,1H3. The molecule has 1 atom stereocenters. The van der Waals surface area contributed by atoms with Crippen molar-refractivity contribution in [2.45, 2.75) is 19.4 Å². The molecule has 3 N–H and O–H groups in total. The lowest BCUT2D eigenvalue weighted by Gasteiger charge is -2.14. The molecule has 2 aromatic rings. The third kappa shape index (κ3) is 3.13. The Hall–Kier alpha value is -0.750. The summed E-state index contributed by atoms with van der Waals surface area (Å²) in [5, 5.41) is 1.06. The molecule has 2 rings (SSSR count). The molecule has 90 valence electrons. The molecule has 0 saturated heterocycles. The van der Waals surface area contributed by atoms with E-state index in [-0.39, 0.29) is 6.04 Å². The minimum absolute atomic E-state index is 0.111. The molecule has 1 aromatic carbocycles. The summed E-state index contributed by atoms with van der Waals surface area (Å²) in [7, 11) is 0. The lowest BCUT2D eigenvalue weighted by molar-refractivity contribution is 0.559. The molecule has 0 amide bonds. The van der Waals surface area contributed by atoms with Crippen LogP contribution < -0.4 is 11.3 Å². The molecule has 0 aliphatic heterocycles. The summed E-state index contributed by atoms with van der Waals surface area (Å²) in [5.41, 5.74) is 4.09. The van der Waals surface area contributed by atoms with Gasteiger partial charge in [0.25, 0.3) is 0 Å². The molecule has 0 radical (unpaired) electrons. The highest BCUT2D eigenvalue weighted by atomic mass is 79.9. The van der Waals surface area contributed by atoms with E-state index >= 15 is 0 Å². The molecule has 0 saturated carbocycles. The number of nitrogens with two attached hydrogens (primary N) is 1. The van der Waals surface area contributed by atoms with Crippen LogP contribution in [0.4, 0.5) is 0 Å². The van der Waals surface area contributed by atoms with Crippen molar-refractivity contribution in [3.63, 3.8) is 0 Å². The Morgan fingerprint density at radius 3 is 2.82 bits per heavy atom. The van der Waals surface area contributed by atoms with Crippen LogP contribution in [0.1, 0.15) is 21.5 Å². The van der Waals surface area contributed by atoms with Crippen molar-refractivity contribution < 1.29 is 0 Å². The van der Waals surface area contributed by atoms with Gasteiger partial charge in [-0.3, -0.25) is 11.3 Å². The average molecular weight is 312 g/mol. The van der Waals surface area contributed by atoms with Crippen LogP contribution in [0.3, 0.4) is 0 Å². The monoisotopic (exact) mass is 311 g/mol. The average Bonchev–Trinajstić information content (AvgIpc) is 2.75. The van der Waals surface area contributed by atoms with Crippen molar-refractivity contribution in [3.8, 4) is 0 Å². The third-order valence-corrected chi connectivity index (χ3v) is 4.37. The van der Waals surface area contributed by atoms with Crippen LogP contribution >= 0.6 is 27.3 Å². The van der Waals surface area contributed by atoms with E-state index < -0.39 is 0 Å². The van der Waals surface area contributed by atoms with Crippen LogP contribution in [0.15, 0.2) is 34.9 Å². The summed E-state index contributed by atoms with van der Waals surface area (Å²) >= 11 is 5.23. The minimum Gasteiger partial charge on any atom is -0.271 e. The fourth-order valence-corrected chi connectivity index (χ4v) is 2.96. The fraction of sp³-hybridized carbons (Fsp3) is 0.250. The highest BCUT2D eigenvalue weighted by Crippen LogP contribution is 2.26. The largest absolute Gasteiger partial charge is 0.271 e.